The van der Waals surface area contributed by atoms with Gasteiger partial charge < -0.3 is 0 Å². The molecular formula is C12H11ClN2OS. The Morgan fingerprint density at radius 3 is 3.12 bits per heavy atom. The van der Waals surface area contributed by atoms with Gasteiger partial charge in [0.05, 0.1) is 5.56 Å². The molecule has 0 radical (unpaired) electrons. The number of hydrogen-bond acceptors (Lipinski definition) is 4. The molecule has 0 aliphatic heterocycles. The molecule has 1 rings (SSSR count). The number of carbonyl (C=O) groups is 1. The minimum absolute atomic E-state index is 0.115. The van der Waals surface area contributed by atoms with Crippen molar-refractivity contribution in [2.24, 2.45) is 0 Å². The summed E-state index contributed by atoms with van der Waals surface area (Å²) in [5.74, 6) is 0.745. The van der Waals surface area contributed by atoms with E-state index in [9.17, 15) is 4.79 Å². The maximum absolute atomic E-state index is 10.7. The van der Waals surface area contributed by atoms with Crippen molar-refractivity contribution in [3.63, 3.8) is 0 Å². The molecule has 0 amide bonds. The van der Waals surface area contributed by atoms with Crippen LogP contribution in [0.25, 0.3) is 6.08 Å². The van der Waals surface area contributed by atoms with Crippen LogP contribution in [0.5, 0.6) is 0 Å². The number of hydrogen-bond donors (Lipinski definition) is 0. The van der Waals surface area contributed by atoms with E-state index in [1.165, 1.54) is 18.0 Å². The third kappa shape index (κ3) is 5.03. The topological polar surface area (TPSA) is 53.8 Å². The molecule has 0 aromatic carbocycles. The van der Waals surface area contributed by atoms with Crippen molar-refractivity contribution in [2.45, 2.75) is 13.3 Å². The van der Waals surface area contributed by atoms with Gasteiger partial charge in [-0.25, -0.2) is 4.98 Å². The Balaban J connectivity index is 2.59. The largest absolute Gasteiger partial charge is 0.288 e. The predicted molar refractivity (Wildman–Crippen MR) is 70.8 cm³/mol. The Labute approximate surface area is 109 Å². The van der Waals surface area contributed by atoms with Crippen molar-refractivity contribution in [3.8, 4) is 6.07 Å². The van der Waals surface area contributed by atoms with Gasteiger partial charge in [0.25, 0.3) is 0 Å². The summed E-state index contributed by atoms with van der Waals surface area (Å²) >= 11 is 7.17. The Bertz CT molecular complexity index is 480. The van der Waals surface area contributed by atoms with E-state index in [4.69, 9.17) is 16.9 Å². The third-order valence-corrected chi connectivity index (χ3v) is 3.04. The first kappa shape index (κ1) is 13.8. The fraction of sp³-hybridized carbons (Fsp3) is 0.250. The van der Waals surface area contributed by atoms with Crippen molar-refractivity contribution >= 4 is 34.6 Å². The standard InChI is InChI=1S/C12H11ClN2OS/c1-9(16)17-5-3-2-4-11-6-10(7-14)8-15-12(11)13/h2,4,6,8H,3,5H2,1H3. The Morgan fingerprint density at radius 1 is 1.71 bits per heavy atom. The lowest BCUT2D eigenvalue weighted by molar-refractivity contribution is -0.109. The number of pyridine rings is 1. The van der Waals surface area contributed by atoms with Crippen LogP contribution >= 0.6 is 23.4 Å². The number of aromatic nitrogens is 1. The molecule has 17 heavy (non-hydrogen) atoms. The number of allylic oxidation sites excluding steroid dienone is 1. The highest BCUT2D eigenvalue weighted by Gasteiger charge is 1.99. The van der Waals surface area contributed by atoms with Gasteiger partial charge in [-0.15, -0.1) is 0 Å². The Morgan fingerprint density at radius 2 is 2.47 bits per heavy atom. The summed E-state index contributed by atoms with van der Waals surface area (Å²) in [6, 6.07) is 3.69. The van der Waals surface area contributed by atoms with Crippen LogP contribution in [0.4, 0.5) is 0 Å². The van der Waals surface area contributed by atoms with Gasteiger partial charge in [0.1, 0.15) is 11.2 Å². The van der Waals surface area contributed by atoms with E-state index >= 15 is 0 Å². The fourth-order valence-electron chi connectivity index (χ4n) is 1.12. The van der Waals surface area contributed by atoms with Crippen LogP contribution in [0.15, 0.2) is 18.3 Å². The number of nitriles is 1. The molecular weight excluding hydrogens is 256 g/mol. The summed E-state index contributed by atoms with van der Waals surface area (Å²) in [7, 11) is 0. The number of thioether (sulfide) groups is 1. The monoisotopic (exact) mass is 266 g/mol. The lowest BCUT2D eigenvalue weighted by Gasteiger charge is -1.97. The number of nitrogens with zero attached hydrogens (tertiary/aromatic N) is 2. The van der Waals surface area contributed by atoms with Gasteiger partial charge in [-0.1, -0.05) is 35.5 Å². The van der Waals surface area contributed by atoms with Crippen molar-refractivity contribution < 1.29 is 4.79 Å². The quantitative estimate of drug-likeness (QED) is 0.620. The van der Waals surface area contributed by atoms with Crippen LogP contribution < -0.4 is 0 Å². The Hall–Kier alpha value is -1.31. The highest BCUT2D eigenvalue weighted by molar-refractivity contribution is 8.13. The summed E-state index contributed by atoms with van der Waals surface area (Å²) in [5.41, 5.74) is 1.20. The first-order valence-corrected chi connectivity index (χ1v) is 6.35. The molecule has 5 heteroatoms. The molecule has 0 unspecified atom stereocenters. The second kappa shape index (κ2) is 7.10. The Kier molecular flexibility index (Phi) is 5.75. The zero-order chi connectivity index (χ0) is 12.7. The molecule has 88 valence electrons. The summed E-state index contributed by atoms with van der Waals surface area (Å²) in [6.07, 6.45) is 5.94. The molecule has 0 atom stereocenters. The molecule has 1 aromatic rings. The van der Waals surface area contributed by atoms with E-state index in [-0.39, 0.29) is 5.12 Å². The van der Waals surface area contributed by atoms with E-state index in [1.54, 1.807) is 13.0 Å². The molecule has 0 fully saturated rings. The number of halogens is 1. The number of carbonyl (C=O) groups excluding carboxylic acids is 1. The highest BCUT2D eigenvalue weighted by Crippen LogP contribution is 2.16. The second-order valence-electron chi connectivity index (χ2n) is 3.25. The molecule has 0 spiro atoms. The van der Waals surface area contributed by atoms with Gasteiger partial charge >= 0.3 is 0 Å². The maximum Gasteiger partial charge on any atom is 0.185 e. The van der Waals surface area contributed by atoms with Crippen molar-refractivity contribution in [3.05, 3.63) is 34.6 Å². The summed E-state index contributed by atoms with van der Waals surface area (Å²) in [4.78, 5) is 14.6. The molecule has 1 aromatic heterocycles. The lowest BCUT2D eigenvalue weighted by atomic mass is 10.2. The maximum atomic E-state index is 10.7. The van der Waals surface area contributed by atoms with Crippen LogP contribution in [0, 0.1) is 11.3 Å². The van der Waals surface area contributed by atoms with Crippen LogP contribution in [-0.2, 0) is 4.79 Å². The minimum atomic E-state index is 0.115. The van der Waals surface area contributed by atoms with E-state index in [0.717, 1.165) is 17.7 Å². The summed E-state index contributed by atoms with van der Waals surface area (Å²) in [5, 5.41) is 9.22. The van der Waals surface area contributed by atoms with Gasteiger partial charge in [-0.2, -0.15) is 5.26 Å². The van der Waals surface area contributed by atoms with Crippen molar-refractivity contribution in [1.29, 1.82) is 5.26 Å². The van der Waals surface area contributed by atoms with Gasteiger partial charge in [0.15, 0.2) is 5.12 Å². The molecule has 0 N–H and O–H groups in total. The average Bonchev–Trinajstić information content (AvgIpc) is 2.30. The van der Waals surface area contributed by atoms with E-state index in [1.807, 2.05) is 18.2 Å². The predicted octanol–water partition coefficient (Wildman–Crippen LogP) is 3.29. The summed E-state index contributed by atoms with van der Waals surface area (Å²) in [6.45, 7) is 1.55. The highest BCUT2D eigenvalue weighted by atomic mass is 35.5. The molecule has 1 heterocycles. The van der Waals surface area contributed by atoms with E-state index in [2.05, 4.69) is 4.98 Å². The molecule has 3 nitrogen and oxygen atoms in total. The number of rotatable bonds is 4. The fourth-order valence-corrected chi connectivity index (χ4v) is 1.83. The van der Waals surface area contributed by atoms with Crippen LogP contribution in [-0.4, -0.2) is 15.9 Å². The molecule has 0 aliphatic rings. The van der Waals surface area contributed by atoms with Crippen molar-refractivity contribution in [2.75, 3.05) is 5.75 Å². The van der Waals surface area contributed by atoms with Crippen LogP contribution in [0.1, 0.15) is 24.5 Å². The smallest absolute Gasteiger partial charge is 0.185 e. The van der Waals surface area contributed by atoms with E-state index < -0.39 is 0 Å². The normalized spacial score (nSPS) is 10.4. The van der Waals surface area contributed by atoms with Crippen molar-refractivity contribution in [1.82, 2.24) is 4.98 Å². The molecule has 0 bridgehead atoms. The summed E-state index contributed by atoms with van der Waals surface area (Å²) < 4.78 is 0. The van der Waals surface area contributed by atoms with Crippen LogP contribution in [0.2, 0.25) is 5.15 Å². The zero-order valence-electron chi connectivity index (χ0n) is 9.31. The second-order valence-corrected chi connectivity index (χ2v) is 4.88. The molecule has 0 saturated heterocycles. The SMILES string of the molecule is CC(=O)SCCC=Cc1cc(C#N)cnc1Cl. The molecule has 0 aliphatic carbocycles. The van der Waals surface area contributed by atoms with Gasteiger partial charge in [-0.05, 0) is 12.5 Å². The molecule has 0 saturated carbocycles. The lowest BCUT2D eigenvalue weighted by Crippen LogP contribution is -1.85. The third-order valence-electron chi connectivity index (χ3n) is 1.88. The van der Waals surface area contributed by atoms with Crippen LogP contribution in [0.3, 0.4) is 0 Å². The minimum Gasteiger partial charge on any atom is -0.288 e. The first-order valence-electron chi connectivity index (χ1n) is 4.99. The van der Waals surface area contributed by atoms with Gasteiger partial charge in [0, 0.05) is 24.4 Å². The van der Waals surface area contributed by atoms with Gasteiger partial charge in [0.2, 0.25) is 0 Å². The van der Waals surface area contributed by atoms with E-state index in [0.29, 0.717) is 10.7 Å². The zero-order valence-corrected chi connectivity index (χ0v) is 10.9. The first-order chi connectivity index (χ1) is 8.13. The van der Waals surface area contributed by atoms with Gasteiger partial charge in [-0.3, -0.25) is 4.79 Å². The average molecular weight is 267 g/mol.